The van der Waals surface area contributed by atoms with Crippen molar-refractivity contribution in [1.82, 2.24) is 5.32 Å². The predicted molar refractivity (Wildman–Crippen MR) is 61.4 cm³/mol. The summed E-state index contributed by atoms with van der Waals surface area (Å²) in [7, 11) is 0. The third kappa shape index (κ3) is 2.30. The van der Waals surface area contributed by atoms with Crippen molar-refractivity contribution in [2.75, 3.05) is 6.54 Å². The summed E-state index contributed by atoms with van der Waals surface area (Å²) in [6, 6.07) is 7.59. The van der Waals surface area contributed by atoms with Crippen molar-refractivity contribution in [3.05, 3.63) is 35.4 Å². The molecule has 0 unspecified atom stereocenters. The molecule has 0 aromatic heterocycles. The first kappa shape index (κ1) is 10.9. The molecule has 1 aromatic carbocycles. The molecular weight excluding hydrogens is 202 g/mol. The molecule has 1 aliphatic rings. The van der Waals surface area contributed by atoms with Gasteiger partial charge in [0.15, 0.2) is 5.78 Å². The Balaban J connectivity index is 2.14. The molecule has 0 saturated carbocycles. The summed E-state index contributed by atoms with van der Waals surface area (Å²) >= 11 is 0. The van der Waals surface area contributed by atoms with E-state index in [4.69, 9.17) is 0 Å². The smallest absolute Gasteiger partial charge is 0.220 e. The van der Waals surface area contributed by atoms with Gasteiger partial charge in [0.25, 0.3) is 0 Å². The lowest BCUT2D eigenvalue weighted by Gasteiger charge is -2.22. The van der Waals surface area contributed by atoms with E-state index in [9.17, 15) is 9.59 Å². The largest absolute Gasteiger partial charge is 0.356 e. The Kier molecular flexibility index (Phi) is 3.04. The van der Waals surface area contributed by atoms with Gasteiger partial charge in [-0.3, -0.25) is 9.59 Å². The topological polar surface area (TPSA) is 46.2 Å². The van der Waals surface area contributed by atoms with Crippen LogP contribution in [0.25, 0.3) is 0 Å². The van der Waals surface area contributed by atoms with Crippen LogP contribution >= 0.6 is 0 Å². The third-order valence-corrected chi connectivity index (χ3v) is 3.04. The van der Waals surface area contributed by atoms with Crippen LogP contribution in [0.15, 0.2) is 24.3 Å². The normalized spacial score (nSPS) is 20.3. The Labute approximate surface area is 94.9 Å². The van der Waals surface area contributed by atoms with Crippen LogP contribution in [0.2, 0.25) is 0 Å². The minimum absolute atomic E-state index is 0.0768. The molecule has 3 nitrogen and oxygen atoms in total. The lowest BCUT2D eigenvalue weighted by Crippen LogP contribution is -2.32. The van der Waals surface area contributed by atoms with Crippen molar-refractivity contribution in [1.29, 1.82) is 0 Å². The van der Waals surface area contributed by atoms with Crippen LogP contribution < -0.4 is 5.32 Å². The fourth-order valence-electron chi connectivity index (χ4n) is 2.06. The molecule has 0 bridgehead atoms. The lowest BCUT2D eigenvalue weighted by atomic mass is 9.89. The van der Waals surface area contributed by atoms with Gasteiger partial charge < -0.3 is 5.32 Å². The van der Waals surface area contributed by atoms with E-state index in [1.807, 2.05) is 24.3 Å². The van der Waals surface area contributed by atoms with Gasteiger partial charge in [0, 0.05) is 18.5 Å². The van der Waals surface area contributed by atoms with Crippen molar-refractivity contribution in [2.45, 2.75) is 25.7 Å². The second-order valence-electron chi connectivity index (χ2n) is 4.22. The Morgan fingerprint density at radius 1 is 1.31 bits per heavy atom. The molecule has 0 aliphatic carbocycles. The van der Waals surface area contributed by atoms with E-state index in [1.54, 1.807) is 6.92 Å². The van der Waals surface area contributed by atoms with Gasteiger partial charge in [-0.2, -0.15) is 0 Å². The van der Waals surface area contributed by atoms with Gasteiger partial charge in [0.05, 0.1) is 0 Å². The van der Waals surface area contributed by atoms with Gasteiger partial charge in [-0.05, 0) is 24.8 Å². The number of ketones is 1. The van der Waals surface area contributed by atoms with E-state index in [1.165, 1.54) is 0 Å². The highest BCUT2D eigenvalue weighted by Crippen LogP contribution is 2.25. The lowest BCUT2D eigenvalue weighted by molar-refractivity contribution is -0.122. The number of carbonyl (C=O) groups is 2. The molecule has 1 saturated heterocycles. The van der Waals surface area contributed by atoms with Gasteiger partial charge in [-0.1, -0.05) is 24.3 Å². The fraction of sp³-hybridized carbons (Fsp3) is 0.385. The quantitative estimate of drug-likeness (QED) is 0.769. The molecule has 0 spiro atoms. The van der Waals surface area contributed by atoms with Crippen LogP contribution in [0.1, 0.15) is 41.6 Å². The third-order valence-electron chi connectivity index (χ3n) is 3.04. The fourth-order valence-corrected chi connectivity index (χ4v) is 2.06. The summed E-state index contributed by atoms with van der Waals surface area (Å²) < 4.78 is 0. The number of nitrogens with one attached hydrogen (secondary N) is 1. The van der Waals surface area contributed by atoms with Crippen LogP contribution in [0.3, 0.4) is 0 Å². The molecule has 1 atom stereocenters. The maximum absolute atomic E-state index is 11.3. The number of hydrogen-bond acceptors (Lipinski definition) is 2. The van der Waals surface area contributed by atoms with Crippen molar-refractivity contribution in [3.63, 3.8) is 0 Å². The highest BCUT2D eigenvalue weighted by atomic mass is 16.1. The Bertz CT molecular complexity index is 408. The number of benzene rings is 1. The molecule has 0 radical (unpaired) electrons. The van der Waals surface area contributed by atoms with E-state index >= 15 is 0 Å². The highest BCUT2D eigenvalue weighted by Gasteiger charge is 2.20. The molecule has 1 fully saturated rings. The van der Waals surface area contributed by atoms with E-state index < -0.39 is 0 Å². The predicted octanol–water partition coefficient (Wildman–Crippen LogP) is 1.88. The highest BCUT2D eigenvalue weighted by molar-refractivity contribution is 5.94. The maximum atomic E-state index is 11.3. The summed E-state index contributed by atoms with van der Waals surface area (Å²) in [5.41, 5.74) is 1.88. The zero-order valence-corrected chi connectivity index (χ0v) is 9.32. The van der Waals surface area contributed by atoms with Gasteiger partial charge >= 0.3 is 0 Å². The second kappa shape index (κ2) is 4.47. The summed E-state index contributed by atoms with van der Waals surface area (Å²) in [5.74, 6) is 0.495. The number of rotatable bonds is 2. The van der Waals surface area contributed by atoms with Gasteiger partial charge in [0.2, 0.25) is 5.91 Å². The molecule has 84 valence electrons. The molecule has 1 aliphatic heterocycles. The van der Waals surface area contributed by atoms with Crippen molar-refractivity contribution >= 4 is 11.7 Å². The average molecular weight is 217 g/mol. The number of hydrogen-bond donors (Lipinski definition) is 1. The van der Waals surface area contributed by atoms with E-state index in [-0.39, 0.29) is 11.7 Å². The summed E-state index contributed by atoms with van der Waals surface area (Å²) in [6.07, 6.45) is 1.53. The average Bonchev–Trinajstić information content (AvgIpc) is 2.29. The van der Waals surface area contributed by atoms with Crippen LogP contribution in [-0.2, 0) is 4.79 Å². The zero-order chi connectivity index (χ0) is 11.5. The van der Waals surface area contributed by atoms with Crippen molar-refractivity contribution in [3.8, 4) is 0 Å². The molecule has 1 amide bonds. The van der Waals surface area contributed by atoms with E-state index in [0.717, 1.165) is 24.1 Å². The van der Waals surface area contributed by atoms with Crippen LogP contribution in [0.5, 0.6) is 0 Å². The maximum Gasteiger partial charge on any atom is 0.220 e. The van der Waals surface area contributed by atoms with E-state index in [0.29, 0.717) is 12.3 Å². The molecule has 1 aromatic rings. The summed E-state index contributed by atoms with van der Waals surface area (Å²) in [4.78, 5) is 22.4. The number of carbonyl (C=O) groups excluding carboxylic acids is 2. The van der Waals surface area contributed by atoms with E-state index in [2.05, 4.69) is 5.32 Å². The summed E-state index contributed by atoms with van der Waals surface area (Å²) in [6.45, 7) is 2.31. The van der Waals surface area contributed by atoms with Crippen molar-refractivity contribution < 1.29 is 9.59 Å². The number of Topliss-reactive ketones (excluding diaryl/α,β-unsaturated/α-hetero) is 1. The molecular formula is C13H15NO2. The van der Waals surface area contributed by atoms with Crippen molar-refractivity contribution in [2.24, 2.45) is 0 Å². The van der Waals surface area contributed by atoms with Gasteiger partial charge in [0.1, 0.15) is 0 Å². The molecule has 3 heteroatoms. The minimum atomic E-state index is 0.0768. The number of piperidine rings is 1. The van der Waals surface area contributed by atoms with Crippen LogP contribution in [0, 0.1) is 0 Å². The SMILES string of the molecule is CC(=O)c1ccc([C@H]2CCNC(=O)C2)cc1. The minimum Gasteiger partial charge on any atom is -0.356 e. The van der Waals surface area contributed by atoms with Crippen LogP contribution in [-0.4, -0.2) is 18.2 Å². The zero-order valence-electron chi connectivity index (χ0n) is 9.32. The standard InChI is InChI=1S/C13H15NO2/c1-9(15)10-2-4-11(5-3-10)12-6-7-14-13(16)8-12/h2-5,12H,6-8H2,1H3,(H,14,16)/t12-/m0/s1. The second-order valence-corrected chi connectivity index (χ2v) is 4.22. The first-order valence-corrected chi connectivity index (χ1v) is 5.54. The number of amides is 1. The molecule has 1 N–H and O–H groups in total. The van der Waals surface area contributed by atoms with Gasteiger partial charge in [-0.15, -0.1) is 0 Å². The monoisotopic (exact) mass is 217 g/mol. The van der Waals surface area contributed by atoms with Crippen LogP contribution in [0.4, 0.5) is 0 Å². The Hall–Kier alpha value is -1.64. The molecule has 1 heterocycles. The summed E-state index contributed by atoms with van der Waals surface area (Å²) in [5, 5.41) is 2.82. The van der Waals surface area contributed by atoms with Gasteiger partial charge in [-0.25, -0.2) is 0 Å². The Morgan fingerprint density at radius 3 is 2.56 bits per heavy atom. The first-order chi connectivity index (χ1) is 7.66. The first-order valence-electron chi connectivity index (χ1n) is 5.54. The Morgan fingerprint density at radius 2 is 2.00 bits per heavy atom. The molecule has 2 rings (SSSR count). The molecule has 16 heavy (non-hydrogen) atoms.